The smallest absolute Gasteiger partial charge is 0.273 e. The molecule has 1 saturated carbocycles. The number of ether oxygens (including phenoxy) is 1. The SMILES string of the molecule is COc1cc([N+](=O)[O-])ccc1NC(=O)C1CC1. The first kappa shape index (κ1) is 11.4. The van der Waals surface area contributed by atoms with Crippen LogP contribution in [0.3, 0.4) is 0 Å². The van der Waals surface area contributed by atoms with Gasteiger partial charge in [-0.1, -0.05) is 0 Å². The summed E-state index contributed by atoms with van der Waals surface area (Å²) < 4.78 is 5.02. The Hall–Kier alpha value is -2.11. The number of hydrogen-bond donors (Lipinski definition) is 1. The van der Waals surface area contributed by atoms with Gasteiger partial charge in [0, 0.05) is 12.0 Å². The molecule has 1 aliphatic carbocycles. The lowest BCUT2D eigenvalue weighted by molar-refractivity contribution is -0.384. The summed E-state index contributed by atoms with van der Waals surface area (Å²) in [6, 6.07) is 4.12. The molecule has 1 aromatic carbocycles. The van der Waals surface area contributed by atoms with Crippen molar-refractivity contribution in [1.82, 2.24) is 0 Å². The predicted octanol–water partition coefficient (Wildman–Crippen LogP) is 1.95. The summed E-state index contributed by atoms with van der Waals surface area (Å²) in [5, 5.41) is 13.3. The van der Waals surface area contributed by atoms with Crippen LogP contribution in [0.5, 0.6) is 5.75 Å². The minimum absolute atomic E-state index is 0.0582. The number of carbonyl (C=O) groups is 1. The quantitative estimate of drug-likeness (QED) is 0.639. The summed E-state index contributed by atoms with van der Waals surface area (Å²) in [6.07, 6.45) is 1.81. The van der Waals surface area contributed by atoms with Gasteiger partial charge in [-0.2, -0.15) is 0 Å². The average molecular weight is 236 g/mol. The minimum Gasteiger partial charge on any atom is -0.494 e. The van der Waals surface area contributed by atoms with E-state index >= 15 is 0 Å². The number of non-ortho nitro benzene ring substituents is 1. The van der Waals surface area contributed by atoms with Crippen molar-refractivity contribution in [1.29, 1.82) is 0 Å². The van der Waals surface area contributed by atoms with Crippen molar-refractivity contribution < 1.29 is 14.5 Å². The zero-order valence-electron chi connectivity index (χ0n) is 9.30. The molecule has 0 heterocycles. The molecule has 0 aromatic heterocycles. The highest BCUT2D eigenvalue weighted by molar-refractivity contribution is 5.95. The first-order valence-electron chi connectivity index (χ1n) is 5.25. The maximum atomic E-state index is 11.6. The van der Waals surface area contributed by atoms with Crippen molar-refractivity contribution in [2.24, 2.45) is 5.92 Å². The van der Waals surface area contributed by atoms with Crippen LogP contribution in [0.1, 0.15) is 12.8 Å². The van der Waals surface area contributed by atoms with Gasteiger partial charge in [-0.25, -0.2) is 0 Å². The van der Waals surface area contributed by atoms with Gasteiger partial charge in [-0.05, 0) is 18.9 Å². The van der Waals surface area contributed by atoms with E-state index in [4.69, 9.17) is 4.74 Å². The predicted molar refractivity (Wildman–Crippen MR) is 61.0 cm³/mol. The Labute approximate surface area is 97.7 Å². The molecule has 6 nitrogen and oxygen atoms in total. The van der Waals surface area contributed by atoms with Gasteiger partial charge < -0.3 is 10.1 Å². The summed E-state index contributed by atoms with van der Waals surface area (Å²) in [5.74, 6) is 0.320. The Bertz CT molecular complexity index is 469. The Morgan fingerprint density at radius 1 is 1.53 bits per heavy atom. The van der Waals surface area contributed by atoms with Gasteiger partial charge in [0.25, 0.3) is 5.69 Å². The number of carbonyl (C=O) groups excluding carboxylic acids is 1. The van der Waals surface area contributed by atoms with Crippen molar-refractivity contribution in [3.8, 4) is 5.75 Å². The third kappa shape index (κ3) is 2.52. The van der Waals surface area contributed by atoms with Crippen LogP contribution in [0, 0.1) is 16.0 Å². The second-order valence-corrected chi connectivity index (χ2v) is 3.91. The molecule has 90 valence electrons. The van der Waals surface area contributed by atoms with E-state index in [1.54, 1.807) is 0 Å². The molecular formula is C11H12N2O4. The highest BCUT2D eigenvalue weighted by atomic mass is 16.6. The maximum Gasteiger partial charge on any atom is 0.273 e. The van der Waals surface area contributed by atoms with Crippen LogP contribution in [0.25, 0.3) is 0 Å². The fourth-order valence-electron chi connectivity index (χ4n) is 1.48. The standard InChI is InChI=1S/C11H12N2O4/c1-17-10-6-8(13(15)16)4-5-9(10)12-11(14)7-2-3-7/h4-7H,2-3H2,1H3,(H,12,14). The lowest BCUT2D eigenvalue weighted by atomic mass is 10.2. The number of hydrogen-bond acceptors (Lipinski definition) is 4. The zero-order chi connectivity index (χ0) is 12.4. The van der Waals surface area contributed by atoms with Gasteiger partial charge >= 0.3 is 0 Å². The van der Waals surface area contributed by atoms with Crippen molar-refractivity contribution in [2.75, 3.05) is 12.4 Å². The third-order valence-corrected chi connectivity index (χ3v) is 2.60. The molecule has 0 unspecified atom stereocenters. The lowest BCUT2D eigenvalue weighted by Gasteiger charge is -2.09. The summed E-state index contributed by atoms with van der Waals surface area (Å²) in [6.45, 7) is 0. The third-order valence-electron chi connectivity index (χ3n) is 2.60. The molecule has 0 atom stereocenters. The number of amides is 1. The van der Waals surface area contributed by atoms with Crippen molar-refractivity contribution in [3.63, 3.8) is 0 Å². The first-order valence-corrected chi connectivity index (χ1v) is 5.25. The number of rotatable bonds is 4. The number of nitrogens with one attached hydrogen (secondary N) is 1. The molecule has 1 fully saturated rings. The molecule has 6 heteroatoms. The van der Waals surface area contributed by atoms with Gasteiger partial charge in [-0.3, -0.25) is 14.9 Å². The molecule has 0 aliphatic heterocycles. The fourth-order valence-corrected chi connectivity index (χ4v) is 1.48. The highest BCUT2D eigenvalue weighted by Crippen LogP contribution is 2.33. The zero-order valence-corrected chi connectivity index (χ0v) is 9.30. The van der Waals surface area contributed by atoms with Gasteiger partial charge in [0.15, 0.2) is 0 Å². The van der Waals surface area contributed by atoms with Crippen LogP contribution >= 0.6 is 0 Å². The van der Waals surface area contributed by atoms with Crippen LogP contribution in [-0.4, -0.2) is 17.9 Å². The Morgan fingerprint density at radius 3 is 2.76 bits per heavy atom. The number of nitrogens with zero attached hydrogens (tertiary/aromatic N) is 1. The van der Waals surface area contributed by atoms with Crippen LogP contribution in [-0.2, 0) is 4.79 Å². The number of nitro groups is 1. The van der Waals surface area contributed by atoms with Crippen LogP contribution in [0.4, 0.5) is 11.4 Å². The number of nitro benzene ring substituents is 1. The average Bonchev–Trinajstić information content (AvgIpc) is 3.13. The van der Waals surface area contributed by atoms with E-state index in [1.807, 2.05) is 0 Å². The second-order valence-electron chi connectivity index (χ2n) is 3.91. The largest absolute Gasteiger partial charge is 0.494 e. The number of benzene rings is 1. The van der Waals surface area contributed by atoms with Crippen molar-refractivity contribution in [2.45, 2.75) is 12.8 Å². The summed E-state index contributed by atoms with van der Waals surface area (Å²) >= 11 is 0. The van der Waals surface area contributed by atoms with E-state index < -0.39 is 4.92 Å². The highest BCUT2D eigenvalue weighted by Gasteiger charge is 2.30. The monoisotopic (exact) mass is 236 g/mol. The van der Waals surface area contributed by atoms with Crippen LogP contribution in [0.2, 0.25) is 0 Å². The Balaban J connectivity index is 2.20. The lowest BCUT2D eigenvalue weighted by Crippen LogP contribution is -2.14. The molecule has 17 heavy (non-hydrogen) atoms. The number of methoxy groups -OCH3 is 1. The summed E-state index contributed by atoms with van der Waals surface area (Å²) in [5.41, 5.74) is 0.404. The molecule has 0 bridgehead atoms. The molecule has 1 aliphatic rings. The van der Waals surface area contributed by atoms with Gasteiger partial charge in [0.1, 0.15) is 5.75 Å². The molecule has 0 spiro atoms. The van der Waals surface area contributed by atoms with Crippen LogP contribution < -0.4 is 10.1 Å². The molecule has 1 aromatic rings. The maximum absolute atomic E-state index is 11.6. The normalized spacial score (nSPS) is 14.2. The number of anilines is 1. The summed E-state index contributed by atoms with van der Waals surface area (Å²) in [7, 11) is 1.41. The van der Waals surface area contributed by atoms with Gasteiger partial charge in [0.05, 0.1) is 23.8 Å². The first-order chi connectivity index (χ1) is 8.11. The minimum atomic E-state index is -0.505. The van der Waals surface area contributed by atoms with E-state index in [0.717, 1.165) is 12.8 Å². The molecule has 2 rings (SSSR count). The van der Waals surface area contributed by atoms with Gasteiger partial charge in [0.2, 0.25) is 5.91 Å². The molecule has 1 N–H and O–H groups in total. The van der Waals surface area contributed by atoms with Crippen LogP contribution in [0.15, 0.2) is 18.2 Å². The molecular weight excluding hydrogens is 224 g/mol. The van der Waals surface area contributed by atoms with Gasteiger partial charge in [-0.15, -0.1) is 0 Å². The summed E-state index contributed by atoms with van der Waals surface area (Å²) in [4.78, 5) is 21.6. The van der Waals surface area contributed by atoms with Crippen molar-refractivity contribution >= 4 is 17.3 Å². The topological polar surface area (TPSA) is 81.5 Å². The molecule has 0 saturated heterocycles. The van der Waals surface area contributed by atoms with E-state index in [-0.39, 0.29) is 17.5 Å². The Kier molecular flexibility index (Phi) is 2.95. The van der Waals surface area contributed by atoms with E-state index in [0.29, 0.717) is 11.4 Å². The molecule has 0 radical (unpaired) electrons. The van der Waals surface area contributed by atoms with Crippen molar-refractivity contribution in [3.05, 3.63) is 28.3 Å². The molecule has 1 amide bonds. The van der Waals surface area contributed by atoms with E-state index in [2.05, 4.69) is 5.32 Å². The fraction of sp³-hybridized carbons (Fsp3) is 0.364. The van der Waals surface area contributed by atoms with E-state index in [9.17, 15) is 14.9 Å². The second kappa shape index (κ2) is 4.40. The Morgan fingerprint density at radius 2 is 2.24 bits per heavy atom. The van der Waals surface area contributed by atoms with E-state index in [1.165, 1.54) is 25.3 Å².